The molecule has 0 aliphatic carbocycles. The average molecular weight is 326 g/mol. The van der Waals surface area contributed by atoms with Crippen molar-refractivity contribution in [2.45, 2.75) is 33.0 Å². The van der Waals surface area contributed by atoms with E-state index in [1.165, 1.54) is 6.92 Å². The fraction of sp³-hybridized carbons (Fsp3) is 0.400. The SMILES string of the molecule is Cc1nc(C)c(F)c(N2CCc3ncc(C(F)(F)F)cc3C2)n1. The van der Waals surface area contributed by atoms with Gasteiger partial charge < -0.3 is 4.90 Å². The fourth-order valence-electron chi connectivity index (χ4n) is 2.65. The van der Waals surface area contributed by atoms with Gasteiger partial charge in [0.05, 0.1) is 11.3 Å². The molecule has 0 unspecified atom stereocenters. The van der Waals surface area contributed by atoms with Crippen LogP contribution in [0.5, 0.6) is 0 Å². The summed E-state index contributed by atoms with van der Waals surface area (Å²) in [6, 6.07) is 1.08. The predicted molar refractivity (Wildman–Crippen MR) is 75.5 cm³/mol. The van der Waals surface area contributed by atoms with Gasteiger partial charge in [-0.25, -0.2) is 14.4 Å². The summed E-state index contributed by atoms with van der Waals surface area (Å²) in [6.07, 6.45) is -3.17. The summed E-state index contributed by atoms with van der Waals surface area (Å²) in [5.41, 5.74) is 0.477. The number of halogens is 4. The van der Waals surface area contributed by atoms with Gasteiger partial charge in [0.1, 0.15) is 5.82 Å². The Hall–Kier alpha value is -2.25. The summed E-state index contributed by atoms with van der Waals surface area (Å²) in [5, 5.41) is 0. The smallest absolute Gasteiger partial charge is 0.349 e. The number of pyridine rings is 1. The van der Waals surface area contributed by atoms with E-state index in [-0.39, 0.29) is 18.1 Å². The highest BCUT2D eigenvalue weighted by Gasteiger charge is 2.33. The quantitative estimate of drug-likeness (QED) is 0.755. The lowest BCUT2D eigenvalue weighted by Gasteiger charge is -2.30. The van der Waals surface area contributed by atoms with E-state index < -0.39 is 17.6 Å². The largest absolute Gasteiger partial charge is 0.417 e. The molecule has 0 radical (unpaired) electrons. The maximum Gasteiger partial charge on any atom is 0.417 e. The highest BCUT2D eigenvalue weighted by atomic mass is 19.4. The Morgan fingerprint density at radius 2 is 1.91 bits per heavy atom. The minimum Gasteiger partial charge on any atom is -0.349 e. The minimum absolute atomic E-state index is 0.123. The van der Waals surface area contributed by atoms with Crippen LogP contribution < -0.4 is 4.90 Å². The van der Waals surface area contributed by atoms with Crippen molar-refractivity contribution in [2.75, 3.05) is 11.4 Å². The number of anilines is 1. The summed E-state index contributed by atoms with van der Waals surface area (Å²) in [4.78, 5) is 13.6. The average Bonchev–Trinajstić information content (AvgIpc) is 2.49. The number of rotatable bonds is 1. The molecule has 0 saturated carbocycles. The number of alkyl halides is 3. The first kappa shape index (κ1) is 15.6. The van der Waals surface area contributed by atoms with E-state index in [4.69, 9.17) is 0 Å². The zero-order valence-corrected chi connectivity index (χ0v) is 12.6. The van der Waals surface area contributed by atoms with E-state index in [2.05, 4.69) is 15.0 Å². The van der Waals surface area contributed by atoms with Crippen molar-refractivity contribution in [2.24, 2.45) is 0 Å². The number of aromatic nitrogens is 3. The van der Waals surface area contributed by atoms with Crippen LogP contribution in [0.4, 0.5) is 23.4 Å². The number of hydrogen-bond acceptors (Lipinski definition) is 4. The van der Waals surface area contributed by atoms with Crippen LogP contribution in [0.3, 0.4) is 0 Å². The number of fused-ring (bicyclic) bond motifs is 1. The summed E-state index contributed by atoms with van der Waals surface area (Å²) >= 11 is 0. The molecular weight excluding hydrogens is 312 g/mol. The Morgan fingerprint density at radius 1 is 1.17 bits per heavy atom. The first-order chi connectivity index (χ1) is 10.8. The lowest BCUT2D eigenvalue weighted by atomic mass is 10.0. The Morgan fingerprint density at radius 3 is 2.61 bits per heavy atom. The molecule has 3 heterocycles. The second-order valence-corrected chi connectivity index (χ2v) is 5.49. The van der Waals surface area contributed by atoms with Gasteiger partial charge in [0, 0.05) is 31.4 Å². The predicted octanol–water partition coefficient (Wildman–Crippen LogP) is 3.21. The van der Waals surface area contributed by atoms with Crippen LogP contribution in [-0.2, 0) is 19.1 Å². The van der Waals surface area contributed by atoms with Gasteiger partial charge in [0.2, 0.25) is 0 Å². The molecule has 23 heavy (non-hydrogen) atoms. The highest BCUT2D eigenvalue weighted by molar-refractivity contribution is 5.45. The summed E-state index contributed by atoms with van der Waals surface area (Å²) in [5.74, 6) is 0.00362. The van der Waals surface area contributed by atoms with Crippen LogP contribution in [0.2, 0.25) is 0 Å². The van der Waals surface area contributed by atoms with Gasteiger partial charge in [-0.2, -0.15) is 13.2 Å². The van der Waals surface area contributed by atoms with Gasteiger partial charge in [-0.1, -0.05) is 0 Å². The molecule has 2 aromatic heterocycles. The molecule has 122 valence electrons. The van der Waals surface area contributed by atoms with Crippen LogP contribution in [0.15, 0.2) is 12.3 Å². The summed E-state index contributed by atoms with van der Waals surface area (Å²) in [7, 11) is 0. The fourth-order valence-corrected chi connectivity index (χ4v) is 2.65. The Labute approximate surface area is 130 Å². The number of hydrogen-bond donors (Lipinski definition) is 0. The van der Waals surface area contributed by atoms with Crippen LogP contribution in [0, 0.1) is 19.7 Å². The number of nitrogens with zero attached hydrogens (tertiary/aromatic N) is 4. The Kier molecular flexibility index (Phi) is 3.69. The van der Waals surface area contributed by atoms with Crippen LogP contribution >= 0.6 is 0 Å². The van der Waals surface area contributed by atoms with E-state index in [0.717, 1.165) is 12.3 Å². The van der Waals surface area contributed by atoms with E-state index in [1.54, 1.807) is 11.8 Å². The normalized spacial score (nSPS) is 14.8. The number of aryl methyl sites for hydroxylation is 2. The minimum atomic E-state index is -4.45. The van der Waals surface area contributed by atoms with Gasteiger partial charge in [-0.3, -0.25) is 4.98 Å². The zero-order chi connectivity index (χ0) is 16.8. The van der Waals surface area contributed by atoms with Crippen molar-refractivity contribution in [1.29, 1.82) is 0 Å². The highest BCUT2D eigenvalue weighted by Crippen LogP contribution is 2.32. The maximum absolute atomic E-state index is 14.2. The van der Waals surface area contributed by atoms with Gasteiger partial charge in [0.15, 0.2) is 11.6 Å². The van der Waals surface area contributed by atoms with Gasteiger partial charge in [-0.15, -0.1) is 0 Å². The Bertz CT molecular complexity index is 758. The van der Waals surface area contributed by atoms with E-state index in [0.29, 0.717) is 30.0 Å². The monoisotopic (exact) mass is 326 g/mol. The standard InChI is InChI=1S/C15H14F4N4/c1-8-13(16)14(22-9(2)21-8)23-4-3-12-10(7-23)5-11(6-20-12)15(17,18)19/h5-6H,3-4,7H2,1-2H3. The molecule has 0 aromatic carbocycles. The van der Waals surface area contributed by atoms with Crippen molar-refractivity contribution in [3.8, 4) is 0 Å². The molecule has 0 atom stereocenters. The molecule has 1 aliphatic heterocycles. The van der Waals surface area contributed by atoms with Crippen LogP contribution in [0.25, 0.3) is 0 Å². The third kappa shape index (κ3) is 2.97. The molecule has 0 bridgehead atoms. The molecule has 0 fully saturated rings. The van der Waals surface area contributed by atoms with Crippen molar-refractivity contribution >= 4 is 5.82 Å². The molecule has 0 saturated heterocycles. The van der Waals surface area contributed by atoms with Gasteiger partial charge in [0.25, 0.3) is 0 Å². The Balaban J connectivity index is 1.97. The molecule has 8 heteroatoms. The third-order valence-electron chi connectivity index (χ3n) is 3.78. The molecular formula is C15H14F4N4. The van der Waals surface area contributed by atoms with Gasteiger partial charge in [-0.05, 0) is 25.5 Å². The maximum atomic E-state index is 14.2. The van der Waals surface area contributed by atoms with Crippen molar-refractivity contribution in [1.82, 2.24) is 15.0 Å². The topological polar surface area (TPSA) is 41.9 Å². The lowest BCUT2D eigenvalue weighted by Crippen LogP contribution is -2.33. The second kappa shape index (κ2) is 5.43. The first-order valence-electron chi connectivity index (χ1n) is 7.06. The summed E-state index contributed by atoms with van der Waals surface area (Å²) < 4.78 is 52.7. The molecule has 1 aliphatic rings. The zero-order valence-electron chi connectivity index (χ0n) is 12.6. The molecule has 0 N–H and O–H groups in total. The lowest BCUT2D eigenvalue weighted by molar-refractivity contribution is -0.137. The molecule has 0 spiro atoms. The molecule has 2 aromatic rings. The molecule has 0 amide bonds. The second-order valence-electron chi connectivity index (χ2n) is 5.49. The first-order valence-corrected chi connectivity index (χ1v) is 7.06. The van der Waals surface area contributed by atoms with Crippen LogP contribution in [0.1, 0.15) is 28.3 Å². The molecule has 4 nitrogen and oxygen atoms in total. The third-order valence-corrected chi connectivity index (χ3v) is 3.78. The van der Waals surface area contributed by atoms with E-state index >= 15 is 0 Å². The molecule has 3 rings (SSSR count). The van der Waals surface area contributed by atoms with Crippen LogP contribution in [-0.4, -0.2) is 21.5 Å². The summed E-state index contributed by atoms with van der Waals surface area (Å²) in [6.45, 7) is 3.77. The van der Waals surface area contributed by atoms with Crippen molar-refractivity contribution in [3.05, 3.63) is 46.4 Å². The van der Waals surface area contributed by atoms with Gasteiger partial charge >= 0.3 is 6.18 Å². The van der Waals surface area contributed by atoms with E-state index in [1.807, 2.05) is 0 Å². The van der Waals surface area contributed by atoms with Crippen molar-refractivity contribution < 1.29 is 17.6 Å². The van der Waals surface area contributed by atoms with E-state index in [9.17, 15) is 17.6 Å². The van der Waals surface area contributed by atoms with Crippen molar-refractivity contribution in [3.63, 3.8) is 0 Å².